The Balaban J connectivity index is 1.58. The Morgan fingerprint density at radius 3 is 2.38 bits per heavy atom. The fourth-order valence-corrected chi connectivity index (χ4v) is 2.62. The molecule has 1 aromatic heterocycles. The lowest BCUT2D eigenvalue weighted by Crippen LogP contribution is -2.17. The second kappa shape index (κ2) is 7.63. The van der Waals surface area contributed by atoms with Crippen molar-refractivity contribution in [2.75, 3.05) is 35.2 Å². The summed E-state index contributed by atoms with van der Waals surface area (Å²) in [4.78, 5) is 13.7. The van der Waals surface area contributed by atoms with Crippen LogP contribution in [-0.2, 0) is 4.74 Å². The summed E-state index contributed by atoms with van der Waals surface area (Å²) < 4.78 is 4.79. The first-order valence-corrected chi connectivity index (χ1v) is 8.14. The summed E-state index contributed by atoms with van der Waals surface area (Å²) in [5.74, 6) is 0.960. The summed E-state index contributed by atoms with van der Waals surface area (Å²) in [6, 6.07) is 11.7. The van der Waals surface area contributed by atoms with Gasteiger partial charge in [-0.05, 0) is 56.2 Å². The van der Waals surface area contributed by atoms with E-state index in [1.807, 2.05) is 12.1 Å². The Hall–Kier alpha value is -2.83. The molecule has 1 amide bonds. The smallest absolute Gasteiger partial charge is 0.412 e. The zero-order valence-electron chi connectivity index (χ0n) is 13.7. The van der Waals surface area contributed by atoms with Crippen LogP contribution in [0.15, 0.2) is 36.4 Å². The molecule has 2 N–H and O–H groups in total. The molecule has 0 unspecified atom stereocenters. The minimum absolute atomic E-state index is 0.312. The number of carbonyl (C=O) groups excluding carboxylic acids is 1. The third-order valence-corrected chi connectivity index (χ3v) is 3.78. The largest absolute Gasteiger partial charge is 0.450 e. The predicted octanol–water partition coefficient (Wildman–Crippen LogP) is 3.39. The first-order chi connectivity index (χ1) is 11.7. The average Bonchev–Trinajstić information content (AvgIpc) is 3.12. The molecular formula is C17H21N5O2. The molecule has 0 aliphatic carbocycles. The summed E-state index contributed by atoms with van der Waals surface area (Å²) in [6.45, 7) is 4.32. The van der Waals surface area contributed by atoms with Crippen molar-refractivity contribution in [3.05, 3.63) is 36.4 Å². The average molecular weight is 327 g/mol. The first-order valence-electron chi connectivity index (χ1n) is 8.14. The van der Waals surface area contributed by atoms with Gasteiger partial charge in [0.1, 0.15) is 0 Å². The number of hydrogen-bond acceptors (Lipinski definition) is 6. The van der Waals surface area contributed by atoms with Crippen molar-refractivity contribution in [2.24, 2.45) is 0 Å². The number of amides is 1. The molecule has 126 valence electrons. The molecule has 0 bridgehead atoms. The zero-order chi connectivity index (χ0) is 16.8. The van der Waals surface area contributed by atoms with E-state index >= 15 is 0 Å². The monoisotopic (exact) mass is 327 g/mol. The number of rotatable bonds is 5. The van der Waals surface area contributed by atoms with E-state index in [2.05, 4.69) is 37.9 Å². The Morgan fingerprint density at radius 1 is 1.08 bits per heavy atom. The lowest BCUT2D eigenvalue weighted by Gasteiger charge is -2.17. The fourth-order valence-electron chi connectivity index (χ4n) is 2.62. The molecule has 1 aliphatic heterocycles. The van der Waals surface area contributed by atoms with Crippen LogP contribution in [0.1, 0.15) is 19.8 Å². The topological polar surface area (TPSA) is 79.4 Å². The van der Waals surface area contributed by atoms with Crippen LogP contribution >= 0.6 is 0 Å². The Labute approximate surface area is 141 Å². The maximum atomic E-state index is 11.3. The summed E-state index contributed by atoms with van der Waals surface area (Å²) in [7, 11) is 0. The molecule has 2 heterocycles. The highest BCUT2D eigenvalue weighted by atomic mass is 16.5. The van der Waals surface area contributed by atoms with Gasteiger partial charge >= 0.3 is 6.09 Å². The van der Waals surface area contributed by atoms with Crippen LogP contribution in [0.3, 0.4) is 0 Å². The molecule has 1 aromatic carbocycles. The lowest BCUT2D eigenvalue weighted by molar-refractivity contribution is 0.168. The number of carbonyl (C=O) groups is 1. The summed E-state index contributed by atoms with van der Waals surface area (Å²) in [5, 5.41) is 13.7. The number of ether oxygens (including phenoxy) is 1. The highest BCUT2D eigenvalue weighted by Crippen LogP contribution is 2.23. The zero-order valence-corrected chi connectivity index (χ0v) is 13.7. The number of nitrogens with zero attached hydrogens (tertiary/aromatic N) is 3. The number of hydrogen-bond donors (Lipinski definition) is 2. The molecule has 7 heteroatoms. The SMILES string of the molecule is CCOC(=O)Nc1ccc(Nc2ccc(N3CCCC3)cc2)nn1. The molecule has 24 heavy (non-hydrogen) atoms. The number of anilines is 4. The van der Waals surface area contributed by atoms with Crippen molar-refractivity contribution in [3.8, 4) is 0 Å². The van der Waals surface area contributed by atoms with E-state index < -0.39 is 6.09 Å². The highest BCUT2D eigenvalue weighted by Gasteiger charge is 2.11. The van der Waals surface area contributed by atoms with Crippen LogP contribution in [0.5, 0.6) is 0 Å². The number of nitrogens with one attached hydrogen (secondary N) is 2. The van der Waals surface area contributed by atoms with E-state index in [1.165, 1.54) is 18.5 Å². The van der Waals surface area contributed by atoms with Gasteiger partial charge in [-0.15, -0.1) is 10.2 Å². The van der Waals surface area contributed by atoms with Crippen LogP contribution < -0.4 is 15.5 Å². The number of aromatic nitrogens is 2. The maximum Gasteiger partial charge on any atom is 0.412 e. The molecule has 0 spiro atoms. The van der Waals surface area contributed by atoms with Gasteiger partial charge in [-0.3, -0.25) is 5.32 Å². The van der Waals surface area contributed by atoms with Gasteiger partial charge in [0.25, 0.3) is 0 Å². The van der Waals surface area contributed by atoms with E-state index in [1.54, 1.807) is 19.1 Å². The molecule has 0 saturated carbocycles. The van der Waals surface area contributed by atoms with Gasteiger partial charge in [0.2, 0.25) is 0 Å². The lowest BCUT2D eigenvalue weighted by atomic mass is 10.2. The van der Waals surface area contributed by atoms with E-state index in [-0.39, 0.29) is 0 Å². The maximum absolute atomic E-state index is 11.3. The minimum atomic E-state index is -0.537. The first kappa shape index (κ1) is 16.0. The molecule has 2 aromatic rings. The van der Waals surface area contributed by atoms with Gasteiger partial charge in [-0.2, -0.15) is 0 Å². The van der Waals surface area contributed by atoms with Crippen molar-refractivity contribution in [1.29, 1.82) is 0 Å². The van der Waals surface area contributed by atoms with Crippen molar-refractivity contribution < 1.29 is 9.53 Å². The van der Waals surface area contributed by atoms with Crippen LogP contribution in [0.25, 0.3) is 0 Å². The van der Waals surface area contributed by atoms with Gasteiger partial charge in [-0.25, -0.2) is 4.79 Å². The van der Waals surface area contributed by atoms with E-state index in [0.717, 1.165) is 18.8 Å². The normalized spacial score (nSPS) is 13.6. The fraction of sp³-hybridized carbons (Fsp3) is 0.353. The molecule has 0 radical (unpaired) electrons. The Bertz CT molecular complexity index is 666. The predicted molar refractivity (Wildman–Crippen MR) is 93.8 cm³/mol. The quantitative estimate of drug-likeness (QED) is 0.876. The highest BCUT2D eigenvalue weighted by molar-refractivity contribution is 5.83. The molecule has 1 aliphatic rings. The van der Waals surface area contributed by atoms with Crippen molar-refractivity contribution in [2.45, 2.75) is 19.8 Å². The molecule has 1 saturated heterocycles. The summed E-state index contributed by atoms with van der Waals surface area (Å²) in [6.07, 6.45) is 1.99. The third kappa shape index (κ3) is 4.13. The van der Waals surface area contributed by atoms with Crippen LogP contribution in [0.4, 0.5) is 27.8 Å². The second-order valence-corrected chi connectivity index (χ2v) is 5.52. The summed E-state index contributed by atoms with van der Waals surface area (Å²) >= 11 is 0. The van der Waals surface area contributed by atoms with Gasteiger partial charge in [0, 0.05) is 24.5 Å². The molecule has 3 rings (SSSR count). The van der Waals surface area contributed by atoms with Gasteiger partial charge < -0.3 is 15.0 Å². The van der Waals surface area contributed by atoms with Crippen LogP contribution in [0.2, 0.25) is 0 Å². The van der Waals surface area contributed by atoms with Crippen LogP contribution in [-0.4, -0.2) is 36.0 Å². The minimum Gasteiger partial charge on any atom is -0.450 e. The van der Waals surface area contributed by atoms with E-state index in [0.29, 0.717) is 18.2 Å². The van der Waals surface area contributed by atoms with Crippen LogP contribution in [0, 0.1) is 0 Å². The second-order valence-electron chi connectivity index (χ2n) is 5.52. The number of benzene rings is 1. The van der Waals surface area contributed by atoms with Gasteiger partial charge in [0.05, 0.1) is 6.61 Å². The van der Waals surface area contributed by atoms with Crippen molar-refractivity contribution >= 4 is 29.1 Å². The molecule has 1 fully saturated rings. The Kier molecular flexibility index (Phi) is 5.10. The van der Waals surface area contributed by atoms with E-state index in [4.69, 9.17) is 4.74 Å². The standard InChI is InChI=1S/C17H21N5O2/c1-2-24-17(23)19-16-10-9-15(20-21-16)18-13-5-7-14(8-6-13)22-11-3-4-12-22/h5-10H,2-4,11-12H2,1H3,(H,18,20)(H,19,21,23). The molecule has 0 atom stereocenters. The summed E-state index contributed by atoms with van der Waals surface area (Å²) in [5.41, 5.74) is 2.19. The van der Waals surface area contributed by atoms with Gasteiger partial charge in [0.15, 0.2) is 11.6 Å². The van der Waals surface area contributed by atoms with E-state index in [9.17, 15) is 4.79 Å². The van der Waals surface area contributed by atoms with Crippen molar-refractivity contribution in [1.82, 2.24) is 10.2 Å². The molecular weight excluding hydrogens is 306 g/mol. The van der Waals surface area contributed by atoms with Crippen molar-refractivity contribution in [3.63, 3.8) is 0 Å². The third-order valence-electron chi connectivity index (χ3n) is 3.78. The Morgan fingerprint density at radius 2 is 1.75 bits per heavy atom. The molecule has 7 nitrogen and oxygen atoms in total. The van der Waals surface area contributed by atoms with Gasteiger partial charge in [-0.1, -0.05) is 0 Å².